The molecule has 0 spiro atoms. The number of halogens is 3. The van der Waals surface area contributed by atoms with Gasteiger partial charge in [0.25, 0.3) is 0 Å². The van der Waals surface area contributed by atoms with Gasteiger partial charge < -0.3 is 24.2 Å². The molecule has 0 radical (unpaired) electrons. The van der Waals surface area contributed by atoms with Gasteiger partial charge in [-0.1, -0.05) is 0 Å². The highest BCUT2D eigenvalue weighted by Gasteiger charge is 2.46. The second-order valence-corrected chi connectivity index (χ2v) is 9.19. The van der Waals surface area contributed by atoms with Gasteiger partial charge in [-0.25, -0.2) is 4.79 Å². The van der Waals surface area contributed by atoms with E-state index in [-0.39, 0.29) is 50.4 Å². The third kappa shape index (κ3) is 6.38. The van der Waals surface area contributed by atoms with E-state index in [0.717, 1.165) is 0 Å². The zero-order valence-corrected chi connectivity index (χ0v) is 19.1. The molecular formula is C23H32F3N3O4. The first kappa shape index (κ1) is 21.2. The van der Waals surface area contributed by atoms with E-state index in [1.165, 1.54) is 17.0 Å². The number of ether oxygens (including phenoxy) is 2. The van der Waals surface area contributed by atoms with Crippen LogP contribution >= 0.6 is 0 Å². The lowest BCUT2D eigenvalue weighted by Crippen LogP contribution is -2.50. The van der Waals surface area contributed by atoms with E-state index in [4.69, 9.17) is 13.6 Å². The Hall–Kier alpha value is -2.33. The minimum atomic E-state index is -5.16. The molecule has 7 nitrogen and oxygen atoms in total. The number of amides is 1. The first-order valence-corrected chi connectivity index (χ1v) is 10.9. The minimum absolute atomic E-state index is 0.154. The van der Waals surface area contributed by atoms with Crippen molar-refractivity contribution in [3.05, 3.63) is 23.8 Å². The van der Waals surface area contributed by atoms with Crippen LogP contribution in [0.3, 0.4) is 0 Å². The number of nitrogens with zero attached hydrogens (tertiary/aromatic N) is 3. The maximum absolute atomic E-state index is 13.7. The number of carbonyl (C=O) groups is 2. The minimum Gasteiger partial charge on any atom is -0.456 e. The molecule has 1 aromatic rings. The number of carbonyl (C=O) groups excluding carboxylic acids is 2. The van der Waals surface area contributed by atoms with Gasteiger partial charge in [0.1, 0.15) is 5.60 Å². The molecule has 3 rings (SSSR count). The number of benzene rings is 1. The number of alkyl halides is 3. The Labute approximate surface area is 196 Å². The number of esters is 1. The molecule has 0 unspecified atom stereocenters. The van der Waals surface area contributed by atoms with Crippen molar-refractivity contribution in [3.8, 4) is 0 Å². The van der Waals surface area contributed by atoms with Crippen LogP contribution in [0.1, 0.15) is 48.1 Å². The largest absolute Gasteiger partial charge is 0.471 e. The molecule has 0 aliphatic carbocycles. The molecule has 33 heavy (non-hydrogen) atoms. The molecule has 2 fully saturated rings. The van der Waals surface area contributed by atoms with Gasteiger partial charge in [0.2, 0.25) is 0 Å². The van der Waals surface area contributed by atoms with Gasteiger partial charge in [-0.05, 0) is 58.8 Å². The van der Waals surface area contributed by atoms with Gasteiger partial charge >= 0.3 is 18.1 Å². The Bertz CT molecular complexity index is 953. The van der Waals surface area contributed by atoms with Gasteiger partial charge in [0.05, 0.1) is 11.3 Å². The lowest BCUT2D eigenvalue weighted by molar-refractivity contribution is -0.171. The Morgan fingerprint density at radius 1 is 1.12 bits per heavy atom. The van der Waals surface area contributed by atoms with Crippen molar-refractivity contribution in [1.29, 1.82) is 0 Å². The third-order valence-corrected chi connectivity index (χ3v) is 5.52. The van der Waals surface area contributed by atoms with Gasteiger partial charge in [-0.15, -0.1) is 0 Å². The number of piperazine rings is 1. The molecule has 1 aromatic carbocycles. The molecule has 2 aliphatic heterocycles. The number of rotatable bonds is 4. The van der Waals surface area contributed by atoms with Crippen LogP contribution in [0.25, 0.3) is 0 Å². The maximum Gasteiger partial charge on any atom is 0.471 e. The normalized spacial score (nSPS) is 20.5. The number of hydrogen-bond donors (Lipinski definition) is 0. The zero-order chi connectivity index (χ0) is 26.9. The van der Waals surface area contributed by atoms with Crippen molar-refractivity contribution in [3.63, 3.8) is 0 Å². The van der Waals surface area contributed by atoms with Crippen molar-refractivity contribution in [2.45, 2.75) is 51.4 Å². The van der Waals surface area contributed by atoms with Gasteiger partial charge in [-0.2, -0.15) is 13.2 Å². The Morgan fingerprint density at radius 3 is 2.30 bits per heavy atom. The first-order valence-electron chi connectivity index (χ1n) is 12.4. The molecule has 0 aromatic heterocycles. The van der Waals surface area contributed by atoms with E-state index in [2.05, 4.69) is 0 Å². The fourth-order valence-corrected chi connectivity index (χ4v) is 3.94. The van der Waals surface area contributed by atoms with Crippen molar-refractivity contribution in [2.24, 2.45) is 0 Å². The smallest absolute Gasteiger partial charge is 0.456 e. The number of hydrogen-bond acceptors (Lipinski definition) is 6. The lowest BCUT2D eigenvalue weighted by Gasteiger charge is -2.38. The predicted molar refractivity (Wildman–Crippen MR) is 119 cm³/mol. The van der Waals surface area contributed by atoms with Gasteiger partial charge in [-0.3, -0.25) is 4.79 Å². The quantitative estimate of drug-likeness (QED) is 0.623. The second kappa shape index (κ2) is 9.89. The summed E-state index contributed by atoms with van der Waals surface area (Å²) in [5, 5.41) is 0. The average molecular weight is 475 g/mol. The Morgan fingerprint density at radius 2 is 1.76 bits per heavy atom. The summed E-state index contributed by atoms with van der Waals surface area (Å²) in [5.41, 5.74) is -0.765. The van der Waals surface area contributed by atoms with Crippen LogP contribution in [0.15, 0.2) is 18.2 Å². The van der Waals surface area contributed by atoms with Gasteiger partial charge in [0, 0.05) is 55.2 Å². The topological polar surface area (TPSA) is 62.3 Å². The van der Waals surface area contributed by atoms with Crippen LogP contribution in [0.2, 0.25) is 0 Å². The van der Waals surface area contributed by atoms with E-state index in [1.54, 1.807) is 26.8 Å². The number of likely N-dealkylation sites (N-methyl/N-ethyl adjacent to an activating group) is 1. The van der Waals surface area contributed by atoms with Crippen LogP contribution in [0.4, 0.5) is 24.5 Å². The van der Waals surface area contributed by atoms with E-state index >= 15 is 0 Å². The summed E-state index contributed by atoms with van der Waals surface area (Å²) < 4.78 is 74.7. The second-order valence-electron chi connectivity index (χ2n) is 9.19. The third-order valence-electron chi connectivity index (χ3n) is 5.52. The fraction of sp³-hybridized carbons (Fsp3) is 0.652. The average Bonchev–Trinajstić information content (AvgIpc) is 2.77. The van der Waals surface area contributed by atoms with Crippen molar-refractivity contribution in [2.75, 3.05) is 56.2 Å². The maximum atomic E-state index is 13.7. The molecule has 0 saturated carbocycles. The van der Waals surface area contributed by atoms with E-state index in [1.807, 2.05) is 4.90 Å². The molecule has 10 heteroatoms. The van der Waals surface area contributed by atoms with E-state index in [9.17, 15) is 22.8 Å². The first-order chi connectivity index (χ1) is 16.6. The summed E-state index contributed by atoms with van der Waals surface area (Å²) in [6, 6.07) is 3.51. The fourth-order valence-electron chi connectivity index (χ4n) is 3.94. The van der Waals surface area contributed by atoms with Crippen LogP contribution in [0, 0.1) is 0 Å². The zero-order valence-electron chi connectivity index (χ0n) is 22.1. The Kier molecular flexibility index (Phi) is 6.36. The Balaban J connectivity index is 2.05. The highest BCUT2D eigenvalue weighted by molar-refractivity contribution is 6.05. The summed E-state index contributed by atoms with van der Waals surface area (Å²) in [7, 11) is 0. The van der Waals surface area contributed by atoms with Crippen LogP contribution < -0.4 is 9.80 Å². The van der Waals surface area contributed by atoms with Crippen molar-refractivity contribution >= 4 is 23.3 Å². The van der Waals surface area contributed by atoms with Crippen molar-refractivity contribution in [1.82, 2.24) is 4.90 Å². The predicted octanol–water partition coefficient (Wildman–Crippen LogP) is 3.47. The summed E-state index contributed by atoms with van der Waals surface area (Å²) in [5.74, 6) is -2.91. The molecule has 0 bridgehead atoms. The van der Waals surface area contributed by atoms with Gasteiger partial charge in [0.15, 0.2) is 0 Å². The van der Waals surface area contributed by atoms with E-state index < -0.39 is 36.7 Å². The molecule has 2 aliphatic rings. The van der Waals surface area contributed by atoms with Crippen LogP contribution in [-0.4, -0.2) is 81.0 Å². The summed E-state index contributed by atoms with van der Waals surface area (Å²) in [6.45, 7) is 4.13. The monoisotopic (exact) mass is 474 g/mol. The summed E-state index contributed by atoms with van der Waals surface area (Å²) >= 11 is 0. The molecule has 2 heterocycles. The highest BCUT2D eigenvalue weighted by atomic mass is 19.4. The molecule has 1 amide bonds. The molecule has 184 valence electrons. The van der Waals surface area contributed by atoms with Crippen LogP contribution in [-0.2, 0) is 14.3 Å². The lowest BCUT2D eigenvalue weighted by atomic mass is 10.0. The molecule has 0 N–H and O–H groups in total. The molecule has 0 atom stereocenters. The molecular weight excluding hydrogens is 439 g/mol. The molecule has 2 saturated heterocycles. The highest BCUT2D eigenvalue weighted by Crippen LogP contribution is 2.35. The summed E-state index contributed by atoms with van der Waals surface area (Å²) in [6.07, 6.45) is -4.81. The standard InChI is InChI=1S/C23H32F3N3O4/c1-22(2,3)33-20(30)18-6-5-17(28-11-9-27(4)10-12-28)15-19(18)29(21(31)23(24,25)26)16-7-13-32-14-8-16/h5-6,15-16H,7-14H2,1-4H3/i4D3. The SMILES string of the molecule is [2H]C([2H])([2H])N1CCN(c2ccc(C(=O)OC(C)(C)C)c(N(C(=O)C(F)(F)F)C3CCOCC3)c2)CC1. The van der Waals surface area contributed by atoms with Crippen molar-refractivity contribution < 1.29 is 36.3 Å². The van der Waals surface area contributed by atoms with Crippen LogP contribution in [0.5, 0.6) is 0 Å². The van der Waals surface area contributed by atoms with E-state index in [0.29, 0.717) is 23.7 Å². The number of anilines is 2. The summed E-state index contributed by atoms with van der Waals surface area (Å²) in [4.78, 5) is 29.6.